The molecule has 0 unspecified atom stereocenters. The molecule has 0 aromatic heterocycles. The third-order valence-corrected chi connectivity index (χ3v) is 5.27. The van der Waals surface area contributed by atoms with Crippen molar-refractivity contribution in [1.29, 1.82) is 0 Å². The topological polar surface area (TPSA) is 42.0 Å². The van der Waals surface area contributed by atoms with Crippen molar-refractivity contribution < 1.29 is 14.3 Å². The van der Waals surface area contributed by atoms with E-state index in [0.717, 1.165) is 56.2 Å². The molecule has 5 nitrogen and oxygen atoms in total. The number of benzene rings is 1. The molecule has 1 saturated carbocycles. The first kappa shape index (κ1) is 16.9. The molecule has 1 aliphatic carbocycles. The van der Waals surface area contributed by atoms with Gasteiger partial charge in [-0.2, -0.15) is 0 Å². The minimum absolute atomic E-state index is 0.261. The Hall–Kier alpha value is -1.91. The maximum atomic E-state index is 12.7. The van der Waals surface area contributed by atoms with Gasteiger partial charge < -0.3 is 19.3 Å². The number of ether oxygens (including phenoxy) is 2. The summed E-state index contributed by atoms with van der Waals surface area (Å²) in [5, 5.41) is 0. The number of anilines is 1. The van der Waals surface area contributed by atoms with Gasteiger partial charge in [-0.05, 0) is 25.0 Å². The fourth-order valence-electron chi connectivity index (χ4n) is 3.82. The van der Waals surface area contributed by atoms with Crippen LogP contribution in [0.15, 0.2) is 18.2 Å². The van der Waals surface area contributed by atoms with E-state index in [1.165, 1.54) is 19.3 Å². The zero-order chi connectivity index (χ0) is 16.9. The second kappa shape index (κ2) is 7.77. The van der Waals surface area contributed by atoms with Crippen LogP contribution in [-0.2, 0) is 4.79 Å². The second-order valence-corrected chi connectivity index (χ2v) is 6.69. The average Bonchev–Trinajstić information content (AvgIpc) is 2.67. The van der Waals surface area contributed by atoms with Crippen molar-refractivity contribution in [1.82, 2.24) is 4.90 Å². The highest BCUT2D eigenvalue weighted by Crippen LogP contribution is 2.33. The van der Waals surface area contributed by atoms with Gasteiger partial charge in [-0.3, -0.25) is 4.79 Å². The van der Waals surface area contributed by atoms with Crippen LogP contribution in [0.5, 0.6) is 11.5 Å². The number of piperazine rings is 1. The molecule has 0 N–H and O–H groups in total. The molecule has 3 rings (SSSR count). The first-order valence-electron chi connectivity index (χ1n) is 8.98. The Morgan fingerprint density at radius 2 is 1.71 bits per heavy atom. The number of hydrogen-bond acceptors (Lipinski definition) is 4. The Kier molecular flexibility index (Phi) is 5.48. The van der Waals surface area contributed by atoms with Crippen LogP contribution in [0, 0.1) is 5.92 Å². The van der Waals surface area contributed by atoms with Gasteiger partial charge in [0.15, 0.2) is 0 Å². The van der Waals surface area contributed by atoms with E-state index in [-0.39, 0.29) is 5.92 Å². The highest BCUT2D eigenvalue weighted by molar-refractivity contribution is 5.79. The lowest BCUT2D eigenvalue weighted by atomic mass is 9.88. The molecule has 1 heterocycles. The fraction of sp³-hybridized carbons (Fsp3) is 0.632. The molecule has 0 bridgehead atoms. The van der Waals surface area contributed by atoms with E-state index in [9.17, 15) is 4.79 Å². The SMILES string of the molecule is COc1ccc(OC)c(N2CCN(C(=O)C3CCCCC3)CC2)c1. The monoisotopic (exact) mass is 332 g/mol. The molecule has 5 heteroatoms. The van der Waals surface area contributed by atoms with Gasteiger partial charge in [-0.25, -0.2) is 0 Å². The molecule has 132 valence electrons. The van der Waals surface area contributed by atoms with Crippen molar-refractivity contribution >= 4 is 11.6 Å². The molecule has 1 aliphatic heterocycles. The van der Waals surface area contributed by atoms with Crippen LogP contribution in [0.1, 0.15) is 32.1 Å². The van der Waals surface area contributed by atoms with Crippen molar-refractivity contribution in [3.8, 4) is 11.5 Å². The molecule has 0 atom stereocenters. The number of carbonyl (C=O) groups excluding carboxylic acids is 1. The van der Waals surface area contributed by atoms with Gasteiger partial charge in [0.2, 0.25) is 5.91 Å². The molecule has 2 fully saturated rings. The van der Waals surface area contributed by atoms with Crippen LogP contribution in [0.4, 0.5) is 5.69 Å². The molecule has 1 saturated heterocycles. The minimum atomic E-state index is 0.261. The summed E-state index contributed by atoms with van der Waals surface area (Å²) in [5.74, 6) is 2.30. The summed E-state index contributed by atoms with van der Waals surface area (Å²) in [6.07, 6.45) is 5.84. The van der Waals surface area contributed by atoms with E-state index >= 15 is 0 Å². The summed E-state index contributed by atoms with van der Waals surface area (Å²) < 4.78 is 10.8. The van der Waals surface area contributed by atoms with Gasteiger partial charge >= 0.3 is 0 Å². The summed E-state index contributed by atoms with van der Waals surface area (Å²) >= 11 is 0. The summed E-state index contributed by atoms with van der Waals surface area (Å²) in [7, 11) is 3.36. The van der Waals surface area contributed by atoms with E-state index in [1.54, 1.807) is 14.2 Å². The van der Waals surface area contributed by atoms with E-state index in [1.807, 2.05) is 18.2 Å². The van der Waals surface area contributed by atoms with Gasteiger partial charge in [0.25, 0.3) is 0 Å². The van der Waals surface area contributed by atoms with E-state index in [2.05, 4.69) is 9.80 Å². The lowest BCUT2D eigenvalue weighted by Gasteiger charge is -2.38. The van der Waals surface area contributed by atoms with Crippen LogP contribution in [-0.4, -0.2) is 51.2 Å². The summed E-state index contributed by atoms with van der Waals surface area (Å²) in [4.78, 5) is 17.0. The second-order valence-electron chi connectivity index (χ2n) is 6.69. The normalized spacial score (nSPS) is 19.2. The maximum Gasteiger partial charge on any atom is 0.225 e. The van der Waals surface area contributed by atoms with Gasteiger partial charge in [0.1, 0.15) is 11.5 Å². The third-order valence-electron chi connectivity index (χ3n) is 5.27. The van der Waals surface area contributed by atoms with Crippen molar-refractivity contribution in [2.24, 2.45) is 5.92 Å². The lowest BCUT2D eigenvalue weighted by Crippen LogP contribution is -2.50. The molecule has 0 spiro atoms. The molecule has 1 aromatic carbocycles. The number of nitrogens with zero attached hydrogens (tertiary/aromatic N) is 2. The molecular weight excluding hydrogens is 304 g/mol. The van der Waals surface area contributed by atoms with Crippen LogP contribution in [0.3, 0.4) is 0 Å². The van der Waals surface area contributed by atoms with Crippen LogP contribution < -0.4 is 14.4 Å². The zero-order valence-electron chi connectivity index (χ0n) is 14.8. The number of rotatable bonds is 4. The Morgan fingerprint density at radius 1 is 1.00 bits per heavy atom. The first-order chi connectivity index (χ1) is 11.7. The van der Waals surface area contributed by atoms with Crippen LogP contribution in [0.2, 0.25) is 0 Å². The molecule has 2 aliphatic rings. The average molecular weight is 332 g/mol. The fourth-order valence-corrected chi connectivity index (χ4v) is 3.82. The van der Waals surface area contributed by atoms with Gasteiger partial charge in [0, 0.05) is 38.2 Å². The highest BCUT2D eigenvalue weighted by atomic mass is 16.5. The summed E-state index contributed by atoms with van der Waals surface area (Å²) in [6, 6.07) is 5.86. The standard InChI is InChI=1S/C19H28N2O3/c1-23-16-8-9-18(24-2)17(14-16)20-10-12-21(13-11-20)19(22)15-6-4-3-5-7-15/h8-9,14-15H,3-7,10-13H2,1-2H3. The van der Waals surface area contributed by atoms with Crippen molar-refractivity contribution in [3.63, 3.8) is 0 Å². The highest BCUT2D eigenvalue weighted by Gasteiger charge is 2.29. The van der Waals surface area contributed by atoms with Crippen molar-refractivity contribution in [2.45, 2.75) is 32.1 Å². The minimum Gasteiger partial charge on any atom is -0.497 e. The largest absolute Gasteiger partial charge is 0.497 e. The number of methoxy groups -OCH3 is 2. The van der Waals surface area contributed by atoms with Gasteiger partial charge in [-0.1, -0.05) is 19.3 Å². The van der Waals surface area contributed by atoms with Crippen LogP contribution in [0.25, 0.3) is 0 Å². The molecular formula is C19H28N2O3. The Morgan fingerprint density at radius 3 is 2.33 bits per heavy atom. The maximum absolute atomic E-state index is 12.7. The van der Waals surface area contributed by atoms with E-state index in [0.29, 0.717) is 5.91 Å². The lowest BCUT2D eigenvalue weighted by molar-refractivity contribution is -0.136. The van der Waals surface area contributed by atoms with Gasteiger partial charge in [0.05, 0.1) is 19.9 Å². The number of carbonyl (C=O) groups is 1. The van der Waals surface area contributed by atoms with Crippen molar-refractivity contribution in [3.05, 3.63) is 18.2 Å². The molecule has 1 amide bonds. The predicted molar refractivity (Wildman–Crippen MR) is 94.9 cm³/mol. The van der Waals surface area contributed by atoms with Crippen LogP contribution >= 0.6 is 0 Å². The molecule has 1 aromatic rings. The smallest absolute Gasteiger partial charge is 0.225 e. The van der Waals surface area contributed by atoms with E-state index < -0.39 is 0 Å². The quantitative estimate of drug-likeness (QED) is 0.850. The Labute approximate surface area is 144 Å². The Balaban J connectivity index is 1.63. The third kappa shape index (κ3) is 3.60. The summed E-state index contributed by atoms with van der Waals surface area (Å²) in [5.41, 5.74) is 1.04. The number of amides is 1. The number of hydrogen-bond donors (Lipinski definition) is 0. The van der Waals surface area contributed by atoms with Gasteiger partial charge in [-0.15, -0.1) is 0 Å². The molecule has 0 radical (unpaired) electrons. The molecule has 24 heavy (non-hydrogen) atoms. The Bertz CT molecular complexity index is 562. The first-order valence-corrected chi connectivity index (χ1v) is 8.98. The summed E-state index contributed by atoms with van der Waals surface area (Å²) in [6.45, 7) is 3.25. The van der Waals surface area contributed by atoms with E-state index in [4.69, 9.17) is 9.47 Å². The van der Waals surface area contributed by atoms with Crippen molar-refractivity contribution in [2.75, 3.05) is 45.3 Å². The predicted octanol–water partition coefficient (Wildman–Crippen LogP) is 2.93. The zero-order valence-corrected chi connectivity index (χ0v) is 14.8.